The molecule has 1 saturated heterocycles. The molecule has 1 aliphatic rings. The first-order valence-corrected chi connectivity index (χ1v) is 3.78. The van der Waals surface area contributed by atoms with Crippen LogP contribution in [0.2, 0.25) is 0 Å². The van der Waals surface area contributed by atoms with Crippen molar-refractivity contribution in [1.29, 1.82) is 0 Å². The Morgan fingerprint density at radius 1 is 1.09 bits per heavy atom. The summed E-state index contributed by atoms with van der Waals surface area (Å²) in [6.07, 6.45) is 3.67. The predicted octanol–water partition coefficient (Wildman–Crippen LogP) is 0.716. The molecule has 0 atom stereocenters. The van der Waals surface area contributed by atoms with Crippen molar-refractivity contribution in [2.75, 3.05) is 13.1 Å². The summed E-state index contributed by atoms with van der Waals surface area (Å²) in [5.74, 6) is 0. The smallest absolute Gasteiger partial charge is 0.407 e. The van der Waals surface area contributed by atoms with Gasteiger partial charge in [0.2, 0.25) is 0 Å². The monoisotopic (exact) mass is 161 g/mol. The molecular formula is C7H15NO3. The van der Waals surface area contributed by atoms with E-state index in [-0.39, 0.29) is 5.48 Å². The topological polar surface area (TPSA) is 72.0 Å². The fraction of sp³-hybridized carbons (Fsp3) is 0.857. The predicted molar refractivity (Wildman–Crippen MR) is 41.7 cm³/mol. The van der Waals surface area contributed by atoms with Gasteiger partial charge in [-0.05, 0) is 12.8 Å². The van der Waals surface area contributed by atoms with Crippen molar-refractivity contribution in [3.63, 3.8) is 0 Å². The highest BCUT2D eigenvalue weighted by atomic mass is 16.4. The van der Waals surface area contributed by atoms with Crippen LogP contribution in [-0.2, 0) is 0 Å². The van der Waals surface area contributed by atoms with E-state index in [2.05, 4.69) is 0 Å². The zero-order valence-electron chi connectivity index (χ0n) is 6.55. The molecule has 3 N–H and O–H groups in total. The molecule has 0 aromatic heterocycles. The quantitative estimate of drug-likeness (QED) is 0.568. The standard InChI is InChI=1S/C7H13NO2.H2O/c9-7(10)8-5-3-1-2-4-6-8;/h1-6H2,(H,9,10);1H2. The Hall–Kier alpha value is -0.770. The van der Waals surface area contributed by atoms with Gasteiger partial charge in [0.1, 0.15) is 0 Å². The molecule has 1 heterocycles. The first-order chi connectivity index (χ1) is 4.80. The molecule has 0 spiro atoms. The van der Waals surface area contributed by atoms with Crippen molar-refractivity contribution in [1.82, 2.24) is 4.90 Å². The number of nitrogens with zero attached hydrogens (tertiary/aromatic N) is 1. The van der Waals surface area contributed by atoms with Gasteiger partial charge in [-0.3, -0.25) is 0 Å². The molecule has 11 heavy (non-hydrogen) atoms. The molecule has 0 saturated carbocycles. The van der Waals surface area contributed by atoms with E-state index in [1.54, 1.807) is 0 Å². The van der Waals surface area contributed by atoms with Gasteiger partial charge < -0.3 is 15.5 Å². The summed E-state index contributed by atoms with van der Waals surface area (Å²) >= 11 is 0. The lowest BCUT2D eigenvalue weighted by Crippen LogP contribution is -2.29. The van der Waals surface area contributed by atoms with Gasteiger partial charge in [0, 0.05) is 13.1 Å². The Balaban J connectivity index is 0.000001000. The van der Waals surface area contributed by atoms with Crippen molar-refractivity contribution in [3.8, 4) is 0 Å². The number of rotatable bonds is 0. The lowest BCUT2D eigenvalue weighted by molar-refractivity contribution is 0.147. The zero-order chi connectivity index (χ0) is 7.40. The van der Waals surface area contributed by atoms with E-state index in [4.69, 9.17) is 5.11 Å². The Labute approximate surface area is 66.1 Å². The van der Waals surface area contributed by atoms with Crippen molar-refractivity contribution in [3.05, 3.63) is 0 Å². The zero-order valence-corrected chi connectivity index (χ0v) is 6.55. The number of likely N-dealkylation sites (tertiary alicyclic amines) is 1. The van der Waals surface area contributed by atoms with Crippen LogP contribution in [0.4, 0.5) is 4.79 Å². The summed E-state index contributed by atoms with van der Waals surface area (Å²) in [6, 6.07) is 0. The molecule has 1 amide bonds. The number of amides is 1. The third-order valence-corrected chi connectivity index (χ3v) is 1.88. The molecule has 0 aliphatic carbocycles. The SMILES string of the molecule is O.O=C(O)N1CCCCCC1. The Morgan fingerprint density at radius 2 is 1.55 bits per heavy atom. The van der Waals surface area contributed by atoms with Crippen LogP contribution in [0.25, 0.3) is 0 Å². The van der Waals surface area contributed by atoms with E-state index in [0.29, 0.717) is 0 Å². The van der Waals surface area contributed by atoms with Crippen molar-refractivity contribution in [2.45, 2.75) is 25.7 Å². The molecule has 1 aliphatic heterocycles. The fourth-order valence-electron chi connectivity index (χ4n) is 1.26. The second-order valence-corrected chi connectivity index (χ2v) is 2.68. The maximum absolute atomic E-state index is 10.4. The number of hydrogen-bond donors (Lipinski definition) is 1. The van der Waals surface area contributed by atoms with E-state index >= 15 is 0 Å². The first-order valence-electron chi connectivity index (χ1n) is 3.78. The van der Waals surface area contributed by atoms with Crippen LogP contribution < -0.4 is 0 Å². The molecule has 0 aromatic rings. The normalized spacial score (nSPS) is 18.4. The van der Waals surface area contributed by atoms with Crippen LogP contribution in [0.1, 0.15) is 25.7 Å². The molecule has 1 rings (SSSR count). The highest BCUT2D eigenvalue weighted by Crippen LogP contribution is 2.08. The second kappa shape index (κ2) is 4.96. The van der Waals surface area contributed by atoms with Gasteiger partial charge in [0.05, 0.1) is 0 Å². The van der Waals surface area contributed by atoms with Crippen LogP contribution in [-0.4, -0.2) is 34.7 Å². The van der Waals surface area contributed by atoms with Crippen LogP contribution in [0, 0.1) is 0 Å². The van der Waals surface area contributed by atoms with Crippen molar-refractivity contribution in [2.24, 2.45) is 0 Å². The second-order valence-electron chi connectivity index (χ2n) is 2.68. The van der Waals surface area contributed by atoms with Gasteiger partial charge in [0.25, 0.3) is 0 Å². The summed E-state index contributed by atoms with van der Waals surface area (Å²) in [7, 11) is 0. The van der Waals surface area contributed by atoms with Crippen LogP contribution in [0.5, 0.6) is 0 Å². The van der Waals surface area contributed by atoms with E-state index < -0.39 is 6.09 Å². The van der Waals surface area contributed by atoms with Crippen molar-refractivity contribution >= 4 is 6.09 Å². The average Bonchev–Trinajstić information content (AvgIpc) is 2.12. The lowest BCUT2D eigenvalue weighted by atomic mass is 10.2. The van der Waals surface area contributed by atoms with Crippen molar-refractivity contribution < 1.29 is 15.4 Å². The maximum Gasteiger partial charge on any atom is 0.407 e. The minimum absolute atomic E-state index is 0. The largest absolute Gasteiger partial charge is 0.465 e. The first kappa shape index (κ1) is 10.2. The van der Waals surface area contributed by atoms with Gasteiger partial charge in [-0.15, -0.1) is 0 Å². The van der Waals surface area contributed by atoms with Crippen LogP contribution in [0.15, 0.2) is 0 Å². The number of hydrogen-bond acceptors (Lipinski definition) is 1. The summed E-state index contributed by atoms with van der Waals surface area (Å²) in [5, 5.41) is 8.59. The average molecular weight is 161 g/mol. The summed E-state index contributed by atoms with van der Waals surface area (Å²) < 4.78 is 0. The van der Waals surface area contributed by atoms with Gasteiger partial charge in [0.15, 0.2) is 0 Å². The molecule has 0 aromatic carbocycles. The van der Waals surface area contributed by atoms with E-state index in [9.17, 15) is 4.79 Å². The molecule has 0 unspecified atom stereocenters. The molecule has 4 nitrogen and oxygen atoms in total. The molecule has 0 radical (unpaired) electrons. The Kier molecular flexibility index (Phi) is 4.61. The number of carbonyl (C=O) groups is 1. The van der Waals surface area contributed by atoms with Gasteiger partial charge in [-0.25, -0.2) is 4.79 Å². The molecule has 1 fully saturated rings. The van der Waals surface area contributed by atoms with Gasteiger partial charge >= 0.3 is 6.09 Å². The third kappa shape index (κ3) is 3.23. The molecule has 0 bridgehead atoms. The minimum Gasteiger partial charge on any atom is -0.465 e. The molecule has 4 heteroatoms. The minimum atomic E-state index is -0.762. The summed E-state index contributed by atoms with van der Waals surface area (Å²) in [5.41, 5.74) is 0. The fourth-order valence-corrected chi connectivity index (χ4v) is 1.26. The Bertz CT molecular complexity index is 119. The van der Waals surface area contributed by atoms with Gasteiger partial charge in [-0.1, -0.05) is 12.8 Å². The van der Waals surface area contributed by atoms with E-state index in [1.807, 2.05) is 0 Å². The van der Waals surface area contributed by atoms with E-state index in [1.165, 1.54) is 17.7 Å². The highest BCUT2D eigenvalue weighted by molar-refractivity contribution is 5.64. The molecule has 66 valence electrons. The molecular weight excluding hydrogens is 146 g/mol. The summed E-state index contributed by atoms with van der Waals surface area (Å²) in [6.45, 7) is 1.46. The highest BCUT2D eigenvalue weighted by Gasteiger charge is 2.12. The van der Waals surface area contributed by atoms with Crippen LogP contribution in [0.3, 0.4) is 0 Å². The maximum atomic E-state index is 10.4. The lowest BCUT2D eigenvalue weighted by Gasteiger charge is -2.14. The van der Waals surface area contributed by atoms with Crippen LogP contribution >= 0.6 is 0 Å². The summed E-state index contributed by atoms with van der Waals surface area (Å²) in [4.78, 5) is 11.9. The Morgan fingerprint density at radius 3 is 1.91 bits per heavy atom. The third-order valence-electron chi connectivity index (χ3n) is 1.88. The van der Waals surface area contributed by atoms with E-state index in [0.717, 1.165) is 25.9 Å². The van der Waals surface area contributed by atoms with Gasteiger partial charge in [-0.2, -0.15) is 0 Å². The number of carboxylic acid groups (broad SMARTS) is 1.